The molecule has 6 heteroatoms. The summed E-state index contributed by atoms with van der Waals surface area (Å²) in [5.74, 6) is 5.41. The smallest absolute Gasteiger partial charge is 0.259 e. The molecule has 0 radical (unpaired) electrons. The summed E-state index contributed by atoms with van der Waals surface area (Å²) in [6.45, 7) is 0.0381. The monoisotopic (exact) mass is 273 g/mol. The average Bonchev–Trinajstić information content (AvgIpc) is 2.88. The van der Waals surface area contributed by atoms with Crippen molar-refractivity contribution in [1.82, 2.24) is 9.97 Å². The lowest BCUT2D eigenvalue weighted by Crippen LogP contribution is -2.11. The number of thiazole rings is 1. The van der Waals surface area contributed by atoms with Crippen molar-refractivity contribution in [2.24, 2.45) is 0 Å². The first-order chi connectivity index (χ1) is 9.29. The lowest BCUT2D eigenvalue weighted by atomic mass is 10.3. The number of anilines is 1. The maximum atomic E-state index is 11.8. The van der Waals surface area contributed by atoms with Crippen molar-refractivity contribution >= 4 is 22.4 Å². The Bertz CT molecular complexity index is 614. The number of hydrogen-bond donors (Lipinski definition) is 2. The first-order valence-corrected chi connectivity index (χ1v) is 6.38. The molecule has 2 rings (SSSR count). The summed E-state index contributed by atoms with van der Waals surface area (Å²) in [7, 11) is 0. The molecule has 2 heterocycles. The summed E-state index contributed by atoms with van der Waals surface area (Å²) in [4.78, 5) is 20.5. The van der Waals surface area contributed by atoms with Gasteiger partial charge in [-0.3, -0.25) is 15.1 Å². The van der Waals surface area contributed by atoms with E-state index in [0.29, 0.717) is 17.1 Å². The Hall–Kier alpha value is -2.23. The van der Waals surface area contributed by atoms with E-state index in [1.54, 1.807) is 24.5 Å². The predicted octanol–water partition coefficient (Wildman–Crippen LogP) is 1.52. The molecule has 0 fully saturated rings. The lowest BCUT2D eigenvalue weighted by Gasteiger charge is -1.99. The molecule has 2 N–H and O–H groups in total. The molecule has 2 aromatic heterocycles. The number of aromatic nitrogens is 2. The number of hydrogen-bond acceptors (Lipinski definition) is 5. The summed E-state index contributed by atoms with van der Waals surface area (Å²) < 4.78 is 0. The van der Waals surface area contributed by atoms with Crippen LogP contribution in [0.1, 0.15) is 21.7 Å². The number of amides is 1. The zero-order chi connectivity index (χ0) is 13.5. The molecule has 96 valence electrons. The Morgan fingerprint density at radius 2 is 2.37 bits per heavy atom. The third kappa shape index (κ3) is 3.88. The second-order valence-corrected chi connectivity index (χ2v) is 4.53. The number of aliphatic hydroxyl groups excluding tert-OH is 1. The van der Waals surface area contributed by atoms with E-state index in [4.69, 9.17) is 5.11 Å². The van der Waals surface area contributed by atoms with Crippen molar-refractivity contribution in [3.63, 3.8) is 0 Å². The van der Waals surface area contributed by atoms with Crippen LogP contribution in [-0.2, 0) is 0 Å². The first-order valence-electron chi connectivity index (χ1n) is 5.56. The highest BCUT2D eigenvalue weighted by molar-refractivity contribution is 7.16. The van der Waals surface area contributed by atoms with Gasteiger partial charge >= 0.3 is 0 Å². The van der Waals surface area contributed by atoms with E-state index in [1.165, 1.54) is 17.5 Å². The summed E-state index contributed by atoms with van der Waals surface area (Å²) in [5.41, 5.74) is 0.477. The number of rotatable bonds is 3. The van der Waals surface area contributed by atoms with Crippen LogP contribution in [0.4, 0.5) is 5.13 Å². The molecule has 0 atom stereocenters. The maximum Gasteiger partial charge on any atom is 0.259 e. The Kier molecular flexibility index (Phi) is 4.61. The number of nitrogens with one attached hydrogen (secondary N) is 1. The highest BCUT2D eigenvalue weighted by Gasteiger charge is 2.08. The molecule has 5 nitrogen and oxygen atoms in total. The first kappa shape index (κ1) is 13.2. The van der Waals surface area contributed by atoms with E-state index in [2.05, 4.69) is 27.1 Å². The third-order valence-electron chi connectivity index (χ3n) is 2.10. The van der Waals surface area contributed by atoms with E-state index in [9.17, 15) is 4.79 Å². The van der Waals surface area contributed by atoms with Crippen molar-refractivity contribution < 1.29 is 9.90 Å². The molecule has 19 heavy (non-hydrogen) atoms. The van der Waals surface area contributed by atoms with Gasteiger partial charge in [0.05, 0.1) is 23.2 Å². The van der Waals surface area contributed by atoms with Crippen LogP contribution < -0.4 is 5.32 Å². The molecular formula is C13H11N3O2S. The van der Waals surface area contributed by atoms with Gasteiger partial charge in [-0.05, 0) is 12.1 Å². The summed E-state index contributed by atoms with van der Waals surface area (Å²) >= 11 is 1.29. The summed E-state index contributed by atoms with van der Waals surface area (Å²) in [6, 6.07) is 3.38. The third-order valence-corrected chi connectivity index (χ3v) is 2.93. The molecular weight excluding hydrogens is 262 g/mol. The standard InChI is InChI=1S/C13H11N3O2S/c17-7-2-1-5-11-9-15-13(19-11)16-12(18)10-4-3-6-14-8-10/h3-4,6,8-9,17H,2,7H2,(H,15,16,18). The van der Waals surface area contributed by atoms with Crippen LogP contribution in [0.5, 0.6) is 0 Å². The van der Waals surface area contributed by atoms with E-state index < -0.39 is 0 Å². The molecule has 0 unspecified atom stereocenters. The molecule has 0 aliphatic rings. The second kappa shape index (κ2) is 6.64. The minimum Gasteiger partial charge on any atom is -0.395 e. The average molecular weight is 273 g/mol. The number of carbonyl (C=O) groups is 1. The topological polar surface area (TPSA) is 75.1 Å². The number of pyridine rings is 1. The SMILES string of the molecule is O=C(Nc1ncc(C#CCCO)s1)c1cccnc1. The Labute approximate surface area is 114 Å². The van der Waals surface area contributed by atoms with Gasteiger partial charge in [-0.15, -0.1) is 0 Å². The highest BCUT2D eigenvalue weighted by atomic mass is 32.1. The van der Waals surface area contributed by atoms with Crippen molar-refractivity contribution in [3.8, 4) is 11.8 Å². The Balaban J connectivity index is 2.01. The Morgan fingerprint density at radius 3 is 3.11 bits per heavy atom. The zero-order valence-corrected chi connectivity index (χ0v) is 10.8. The number of nitrogens with zero attached hydrogens (tertiary/aromatic N) is 2. The van der Waals surface area contributed by atoms with Crippen LogP contribution >= 0.6 is 11.3 Å². The maximum absolute atomic E-state index is 11.8. The molecule has 0 saturated heterocycles. The minimum absolute atomic E-state index is 0.0381. The van der Waals surface area contributed by atoms with Crippen LogP contribution in [0.2, 0.25) is 0 Å². The van der Waals surface area contributed by atoms with E-state index >= 15 is 0 Å². The predicted molar refractivity (Wildman–Crippen MR) is 72.9 cm³/mol. The highest BCUT2D eigenvalue weighted by Crippen LogP contribution is 2.17. The molecule has 0 spiro atoms. The van der Waals surface area contributed by atoms with Gasteiger partial charge in [0.15, 0.2) is 5.13 Å². The molecule has 0 bridgehead atoms. The van der Waals surface area contributed by atoms with Gasteiger partial charge in [-0.2, -0.15) is 0 Å². The Morgan fingerprint density at radius 1 is 1.47 bits per heavy atom. The fraction of sp³-hybridized carbons (Fsp3) is 0.154. The normalized spacial score (nSPS) is 9.53. The summed E-state index contributed by atoms with van der Waals surface area (Å²) in [6.07, 6.45) is 5.11. The van der Waals surface area contributed by atoms with E-state index in [1.807, 2.05) is 0 Å². The zero-order valence-electron chi connectivity index (χ0n) is 9.96. The van der Waals surface area contributed by atoms with Crippen LogP contribution in [0.3, 0.4) is 0 Å². The largest absolute Gasteiger partial charge is 0.395 e. The lowest BCUT2D eigenvalue weighted by molar-refractivity contribution is 0.102. The summed E-state index contributed by atoms with van der Waals surface area (Å²) in [5, 5.41) is 11.8. The molecule has 0 saturated carbocycles. The van der Waals surface area contributed by atoms with Crippen molar-refractivity contribution in [2.45, 2.75) is 6.42 Å². The van der Waals surface area contributed by atoms with Crippen LogP contribution in [0, 0.1) is 11.8 Å². The van der Waals surface area contributed by atoms with Gasteiger partial charge in [0, 0.05) is 18.8 Å². The van der Waals surface area contributed by atoms with Gasteiger partial charge in [0.25, 0.3) is 5.91 Å². The van der Waals surface area contributed by atoms with E-state index in [0.717, 1.165) is 4.88 Å². The van der Waals surface area contributed by atoms with Crippen LogP contribution in [0.15, 0.2) is 30.7 Å². The van der Waals surface area contributed by atoms with Crippen LogP contribution in [-0.4, -0.2) is 27.6 Å². The van der Waals surface area contributed by atoms with Crippen molar-refractivity contribution in [1.29, 1.82) is 0 Å². The van der Waals surface area contributed by atoms with Gasteiger partial charge in [0.1, 0.15) is 0 Å². The van der Waals surface area contributed by atoms with Gasteiger partial charge < -0.3 is 5.11 Å². The van der Waals surface area contributed by atoms with Gasteiger partial charge in [0.2, 0.25) is 0 Å². The molecule has 1 amide bonds. The van der Waals surface area contributed by atoms with Crippen LogP contribution in [0.25, 0.3) is 0 Å². The molecule has 0 aliphatic heterocycles. The molecule has 0 aromatic carbocycles. The van der Waals surface area contributed by atoms with Gasteiger partial charge in [-0.25, -0.2) is 4.98 Å². The molecule has 2 aromatic rings. The van der Waals surface area contributed by atoms with E-state index in [-0.39, 0.29) is 12.5 Å². The quantitative estimate of drug-likeness (QED) is 0.831. The number of carbonyl (C=O) groups excluding carboxylic acids is 1. The minimum atomic E-state index is -0.252. The molecule has 0 aliphatic carbocycles. The second-order valence-electron chi connectivity index (χ2n) is 3.50. The fourth-order valence-corrected chi connectivity index (χ4v) is 1.95. The van der Waals surface area contributed by atoms with Gasteiger partial charge in [-0.1, -0.05) is 23.2 Å². The van der Waals surface area contributed by atoms with Crippen molar-refractivity contribution in [2.75, 3.05) is 11.9 Å². The number of aliphatic hydroxyl groups is 1. The van der Waals surface area contributed by atoms with Crippen molar-refractivity contribution in [3.05, 3.63) is 41.2 Å². The fourth-order valence-electron chi connectivity index (χ4n) is 1.26.